The van der Waals surface area contributed by atoms with Gasteiger partial charge in [0.1, 0.15) is 5.60 Å². The fraction of sp³-hybridized carbons (Fsp3) is 0.824. The molecule has 2 unspecified atom stereocenters. The number of nitrogens with zero attached hydrogens (tertiary/aromatic N) is 2. The lowest BCUT2D eigenvalue weighted by molar-refractivity contribution is 0.00931. The predicted molar refractivity (Wildman–Crippen MR) is 87.5 cm³/mol. The van der Waals surface area contributed by atoms with Gasteiger partial charge in [0.25, 0.3) is 0 Å². The molecule has 1 heterocycles. The van der Waals surface area contributed by atoms with Gasteiger partial charge in [-0.2, -0.15) is 5.10 Å². The van der Waals surface area contributed by atoms with Crippen molar-refractivity contribution in [2.75, 3.05) is 0 Å². The molecule has 0 saturated heterocycles. The maximum absolute atomic E-state index is 11.2. The summed E-state index contributed by atoms with van der Waals surface area (Å²) in [5.41, 5.74) is 0.321. The Morgan fingerprint density at radius 3 is 2.71 bits per heavy atom. The number of halogens is 1. The molecule has 0 bridgehead atoms. The number of hydrogen-bond acceptors (Lipinski definition) is 2. The Hall–Kier alpha value is -0.540. The topological polar surface area (TPSA) is 38.0 Å². The zero-order valence-corrected chi connectivity index (χ0v) is 14.6. The zero-order chi connectivity index (χ0) is 15.7. The maximum atomic E-state index is 11.2. The summed E-state index contributed by atoms with van der Waals surface area (Å²) < 4.78 is 1.90. The van der Waals surface area contributed by atoms with Crippen LogP contribution in [0.5, 0.6) is 0 Å². The van der Waals surface area contributed by atoms with Crippen molar-refractivity contribution in [3.63, 3.8) is 0 Å². The minimum Gasteiger partial charge on any atom is -0.384 e. The molecule has 1 fully saturated rings. The molecule has 0 aliphatic heterocycles. The summed E-state index contributed by atoms with van der Waals surface area (Å²) in [7, 11) is 0. The zero-order valence-electron chi connectivity index (χ0n) is 13.8. The lowest BCUT2D eigenvalue weighted by Gasteiger charge is -2.31. The molecule has 3 nitrogen and oxygen atoms in total. The van der Waals surface area contributed by atoms with Gasteiger partial charge in [-0.25, -0.2) is 0 Å². The third-order valence-corrected chi connectivity index (χ3v) is 5.22. The second kappa shape index (κ2) is 6.29. The van der Waals surface area contributed by atoms with Crippen molar-refractivity contribution in [1.29, 1.82) is 0 Å². The van der Waals surface area contributed by atoms with Gasteiger partial charge in [-0.15, -0.1) is 0 Å². The third kappa shape index (κ3) is 3.62. The maximum Gasteiger partial charge on any atom is 0.108 e. The molecule has 1 saturated carbocycles. The largest absolute Gasteiger partial charge is 0.384 e. The van der Waals surface area contributed by atoms with E-state index in [9.17, 15) is 5.11 Å². The van der Waals surface area contributed by atoms with E-state index in [2.05, 4.69) is 32.8 Å². The van der Waals surface area contributed by atoms with Gasteiger partial charge in [0.15, 0.2) is 0 Å². The second-order valence-electron chi connectivity index (χ2n) is 7.59. The first kappa shape index (κ1) is 16.8. The van der Waals surface area contributed by atoms with Crippen LogP contribution in [-0.4, -0.2) is 14.9 Å². The molecule has 120 valence electrons. The standard InChI is InChI=1S/C17H29ClN2O/c1-5-11-20-15(14(18)12-19-20)17(21)9-6-7-13(8-10-17)16(2,3)4/h12-13,21H,5-11H2,1-4H3. The molecule has 0 spiro atoms. The van der Waals surface area contributed by atoms with Gasteiger partial charge in [-0.1, -0.05) is 39.3 Å². The first-order valence-corrected chi connectivity index (χ1v) is 8.60. The van der Waals surface area contributed by atoms with E-state index in [4.69, 9.17) is 11.6 Å². The molecule has 0 radical (unpaired) electrons. The molecule has 1 aromatic heterocycles. The van der Waals surface area contributed by atoms with Crippen LogP contribution in [0.3, 0.4) is 0 Å². The summed E-state index contributed by atoms with van der Waals surface area (Å²) in [5, 5.41) is 16.2. The molecule has 1 N–H and O–H groups in total. The van der Waals surface area contributed by atoms with Gasteiger partial charge < -0.3 is 5.11 Å². The average molecular weight is 313 g/mol. The fourth-order valence-corrected chi connectivity index (χ4v) is 3.95. The molecule has 0 amide bonds. The van der Waals surface area contributed by atoms with E-state index >= 15 is 0 Å². The number of rotatable bonds is 3. The molecule has 1 aliphatic carbocycles. The summed E-state index contributed by atoms with van der Waals surface area (Å²) in [4.78, 5) is 0. The highest BCUT2D eigenvalue weighted by molar-refractivity contribution is 6.31. The molecule has 21 heavy (non-hydrogen) atoms. The molecular formula is C17H29ClN2O. The van der Waals surface area contributed by atoms with Gasteiger partial charge in [-0.3, -0.25) is 4.68 Å². The molecule has 1 aliphatic rings. The fourth-order valence-electron chi connectivity index (χ4n) is 3.63. The van der Waals surface area contributed by atoms with Crippen LogP contribution >= 0.6 is 11.6 Å². The van der Waals surface area contributed by atoms with Crippen molar-refractivity contribution in [2.45, 2.75) is 78.4 Å². The Morgan fingerprint density at radius 1 is 1.38 bits per heavy atom. The van der Waals surface area contributed by atoms with E-state index in [0.29, 0.717) is 16.4 Å². The normalized spacial score (nSPS) is 27.6. The summed E-state index contributed by atoms with van der Waals surface area (Å²) in [6.45, 7) is 9.84. The highest BCUT2D eigenvalue weighted by Crippen LogP contribution is 2.44. The van der Waals surface area contributed by atoms with Crippen LogP contribution in [0, 0.1) is 11.3 Å². The van der Waals surface area contributed by atoms with Crippen molar-refractivity contribution in [3.05, 3.63) is 16.9 Å². The first-order valence-electron chi connectivity index (χ1n) is 8.22. The molecular weight excluding hydrogens is 284 g/mol. The monoisotopic (exact) mass is 312 g/mol. The predicted octanol–water partition coefficient (Wildman–Crippen LogP) is 4.76. The van der Waals surface area contributed by atoms with Crippen LogP contribution in [0.1, 0.15) is 71.9 Å². The highest BCUT2D eigenvalue weighted by atomic mass is 35.5. The number of aliphatic hydroxyl groups is 1. The lowest BCUT2D eigenvalue weighted by Crippen LogP contribution is -2.29. The SMILES string of the molecule is CCCn1ncc(Cl)c1C1(O)CCCC(C(C)(C)C)CC1. The van der Waals surface area contributed by atoms with Crippen molar-refractivity contribution in [2.24, 2.45) is 11.3 Å². The smallest absolute Gasteiger partial charge is 0.108 e. The van der Waals surface area contributed by atoms with Gasteiger partial charge in [0.2, 0.25) is 0 Å². The highest BCUT2D eigenvalue weighted by Gasteiger charge is 2.39. The van der Waals surface area contributed by atoms with Crippen molar-refractivity contribution in [1.82, 2.24) is 9.78 Å². The van der Waals surface area contributed by atoms with E-state index in [0.717, 1.165) is 44.3 Å². The molecule has 0 aromatic carbocycles. The summed E-state index contributed by atoms with van der Waals surface area (Å²) in [6, 6.07) is 0. The summed E-state index contributed by atoms with van der Waals surface area (Å²) in [6.07, 6.45) is 7.52. The van der Waals surface area contributed by atoms with E-state index in [1.807, 2.05) is 4.68 Å². The Morgan fingerprint density at radius 2 is 2.10 bits per heavy atom. The first-order chi connectivity index (χ1) is 9.78. The minimum atomic E-state index is -0.817. The Balaban J connectivity index is 2.25. The van der Waals surface area contributed by atoms with Crippen LogP contribution in [0.2, 0.25) is 5.02 Å². The lowest BCUT2D eigenvalue weighted by atomic mass is 9.76. The number of aryl methyl sites for hydroxylation is 1. The van der Waals surface area contributed by atoms with Gasteiger partial charge in [-0.05, 0) is 49.9 Å². The van der Waals surface area contributed by atoms with Crippen molar-refractivity contribution >= 4 is 11.6 Å². The molecule has 4 heteroatoms. The van der Waals surface area contributed by atoms with E-state index < -0.39 is 5.60 Å². The van der Waals surface area contributed by atoms with E-state index in [-0.39, 0.29) is 0 Å². The number of aromatic nitrogens is 2. The Bertz CT molecular complexity index is 478. The Kier molecular flexibility index (Phi) is 5.04. The molecule has 2 atom stereocenters. The molecule has 1 aromatic rings. The summed E-state index contributed by atoms with van der Waals surface area (Å²) in [5.74, 6) is 0.660. The summed E-state index contributed by atoms with van der Waals surface area (Å²) >= 11 is 6.34. The van der Waals surface area contributed by atoms with Crippen LogP contribution < -0.4 is 0 Å². The van der Waals surface area contributed by atoms with Crippen molar-refractivity contribution in [3.8, 4) is 0 Å². The van der Waals surface area contributed by atoms with Gasteiger partial charge >= 0.3 is 0 Å². The molecule has 2 rings (SSSR count). The Labute approximate surface area is 133 Å². The van der Waals surface area contributed by atoms with Crippen LogP contribution in [-0.2, 0) is 12.1 Å². The van der Waals surface area contributed by atoms with Gasteiger partial charge in [0, 0.05) is 6.54 Å². The van der Waals surface area contributed by atoms with Crippen LogP contribution in [0.25, 0.3) is 0 Å². The third-order valence-electron chi connectivity index (χ3n) is 4.95. The van der Waals surface area contributed by atoms with E-state index in [1.54, 1.807) is 6.20 Å². The van der Waals surface area contributed by atoms with Crippen LogP contribution in [0.15, 0.2) is 6.20 Å². The second-order valence-corrected chi connectivity index (χ2v) is 8.00. The van der Waals surface area contributed by atoms with Crippen molar-refractivity contribution < 1.29 is 5.11 Å². The van der Waals surface area contributed by atoms with Crippen LogP contribution in [0.4, 0.5) is 0 Å². The quantitative estimate of drug-likeness (QED) is 0.817. The van der Waals surface area contributed by atoms with E-state index in [1.165, 1.54) is 6.42 Å². The van der Waals surface area contributed by atoms with Gasteiger partial charge in [0.05, 0.1) is 16.9 Å². The minimum absolute atomic E-state index is 0.304. The average Bonchev–Trinajstić information content (AvgIpc) is 2.62. The number of hydrogen-bond donors (Lipinski definition) is 1.